The molecule has 3 aromatic rings. The molecule has 0 aliphatic heterocycles. The molecule has 0 saturated heterocycles. The lowest BCUT2D eigenvalue weighted by Gasteiger charge is -2.15. The Morgan fingerprint density at radius 1 is 1.42 bits per heavy atom. The molecule has 5 nitrogen and oxygen atoms in total. The summed E-state index contributed by atoms with van der Waals surface area (Å²) in [6, 6.07) is 9.60. The molecule has 0 bridgehead atoms. The first-order valence-corrected chi connectivity index (χ1v) is 8.58. The SMILES string of the molecule is CC(C(=O)NCc1ccccc1F)n1c(-c2cccs2)n[nH]c1=S. The van der Waals surface area contributed by atoms with Crippen LogP contribution in [0.1, 0.15) is 18.5 Å². The van der Waals surface area contributed by atoms with Gasteiger partial charge in [-0.25, -0.2) is 4.39 Å². The Balaban J connectivity index is 1.78. The Morgan fingerprint density at radius 3 is 2.92 bits per heavy atom. The lowest BCUT2D eigenvalue weighted by Crippen LogP contribution is -2.31. The molecule has 0 aliphatic rings. The van der Waals surface area contributed by atoms with E-state index in [4.69, 9.17) is 12.2 Å². The number of H-pyrrole nitrogens is 1. The number of carbonyl (C=O) groups is 1. The van der Waals surface area contributed by atoms with Crippen molar-refractivity contribution in [1.82, 2.24) is 20.1 Å². The standard InChI is InChI=1S/C16H15FN4OS2/c1-10(15(22)18-9-11-5-2-3-6-12(11)17)21-14(19-20-16(21)23)13-7-4-8-24-13/h2-8,10H,9H2,1H3,(H,18,22)(H,20,23). The average Bonchev–Trinajstić information content (AvgIpc) is 3.22. The number of thiophene rings is 1. The fourth-order valence-electron chi connectivity index (χ4n) is 2.33. The molecule has 0 radical (unpaired) electrons. The van der Waals surface area contributed by atoms with E-state index in [0.717, 1.165) is 4.88 Å². The summed E-state index contributed by atoms with van der Waals surface area (Å²) in [5.41, 5.74) is 0.437. The van der Waals surface area contributed by atoms with Crippen molar-refractivity contribution in [2.75, 3.05) is 0 Å². The van der Waals surface area contributed by atoms with Crippen LogP contribution in [0.4, 0.5) is 4.39 Å². The molecule has 2 aromatic heterocycles. The minimum Gasteiger partial charge on any atom is -0.350 e. The van der Waals surface area contributed by atoms with Crippen LogP contribution < -0.4 is 5.32 Å². The van der Waals surface area contributed by atoms with Crippen LogP contribution in [0, 0.1) is 10.6 Å². The van der Waals surface area contributed by atoms with Crippen molar-refractivity contribution in [1.29, 1.82) is 0 Å². The topological polar surface area (TPSA) is 62.7 Å². The van der Waals surface area contributed by atoms with Crippen molar-refractivity contribution >= 4 is 29.5 Å². The van der Waals surface area contributed by atoms with Gasteiger partial charge in [-0.3, -0.25) is 14.5 Å². The number of rotatable bonds is 5. The van der Waals surface area contributed by atoms with Crippen molar-refractivity contribution in [2.24, 2.45) is 0 Å². The van der Waals surface area contributed by atoms with Crippen LogP contribution in [0.5, 0.6) is 0 Å². The predicted molar refractivity (Wildman–Crippen MR) is 93.7 cm³/mol. The molecule has 2 heterocycles. The maximum atomic E-state index is 13.6. The molecule has 8 heteroatoms. The molecule has 1 aromatic carbocycles. The van der Waals surface area contributed by atoms with Gasteiger partial charge in [0.15, 0.2) is 10.6 Å². The number of halogens is 1. The normalized spacial score (nSPS) is 12.1. The van der Waals surface area contributed by atoms with Gasteiger partial charge < -0.3 is 5.32 Å². The second-order valence-corrected chi connectivity index (χ2v) is 6.52. The third kappa shape index (κ3) is 3.29. The van der Waals surface area contributed by atoms with E-state index >= 15 is 0 Å². The lowest BCUT2D eigenvalue weighted by molar-refractivity contribution is -0.124. The van der Waals surface area contributed by atoms with Gasteiger partial charge in [0.05, 0.1) is 4.88 Å². The van der Waals surface area contributed by atoms with E-state index in [2.05, 4.69) is 15.5 Å². The predicted octanol–water partition coefficient (Wildman–Crippen LogP) is 3.69. The Morgan fingerprint density at radius 2 is 2.21 bits per heavy atom. The molecule has 1 atom stereocenters. The summed E-state index contributed by atoms with van der Waals surface area (Å²) in [4.78, 5) is 13.4. The molecule has 0 fully saturated rings. The summed E-state index contributed by atoms with van der Waals surface area (Å²) < 4.78 is 15.7. The Kier molecular flexibility index (Phi) is 4.86. The molecule has 24 heavy (non-hydrogen) atoms. The number of hydrogen-bond donors (Lipinski definition) is 2. The van der Waals surface area contributed by atoms with Crippen LogP contribution in [-0.4, -0.2) is 20.7 Å². The molecule has 2 N–H and O–H groups in total. The van der Waals surface area contributed by atoms with Crippen LogP contribution in [0.2, 0.25) is 0 Å². The first-order chi connectivity index (χ1) is 11.6. The fourth-order valence-corrected chi connectivity index (χ4v) is 3.33. The van der Waals surface area contributed by atoms with Gasteiger partial charge in [-0.2, -0.15) is 5.10 Å². The molecule has 0 aliphatic carbocycles. The number of benzene rings is 1. The van der Waals surface area contributed by atoms with Crippen molar-refractivity contribution in [3.05, 3.63) is 57.9 Å². The summed E-state index contributed by atoms with van der Waals surface area (Å²) in [6.45, 7) is 1.86. The zero-order chi connectivity index (χ0) is 17.1. The van der Waals surface area contributed by atoms with Crippen LogP contribution in [-0.2, 0) is 11.3 Å². The number of nitrogens with one attached hydrogen (secondary N) is 2. The Hall–Kier alpha value is -2.32. The first kappa shape index (κ1) is 16.5. The summed E-state index contributed by atoms with van der Waals surface area (Å²) in [5.74, 6) is 0.0155. The number of aromatic nitrogens is 3. The van der Waals surface area contributed by atoms with E-state index in [1.807, 2.05) is 17.5 Å². The number of amides is 1. The minimum absolute atomic E-state index is 0.120. The Labute approximate surface area is 147 Å². The van der Waals surface area contributed by atoms with E-state index in [-0.39, 0.29) is 18.3 Å². The third-order valence-corrected chi connectivity index (χ3v) is 4.78. The molecular formula is C16H15FN4OS2. The molecule has 124 valence electrons. The highest BCUT2D eigenvalue weighted by atomic mass is 32.1. The van der Waals surface area contributed by atoms with E-state index in [1.54, 1.807) is 29.7 Å². The van der Waals surface area contributed by atoms with Crippen molar-refractivity contribution in [3.63, 3.8) is 0 Å². The summed E-state index contributed by atoms with van der Waals surface area (Å²) in [5, 5.41) is 11.6. The van der Waals surface area contributed by atoms with Gasteiger partial charge in [0.2, 0.25) is 5.91 Å². The maximum absolute atomic E-state index is 13.6. The monoisotopic (exact) mass is 362 g/mol. The van der Waals surface area contributed by atoms with E-state index < -0.39 is 6.04 Å². The summed E-state index contributed by atoms with van der Waals surface area (Å²) in [6.07, 6.45) is 0. The quantitative estimate of drug-likeness (QED) is 0.681. The van der Waals surface area contributed by atoms with E-state index in [1.165, 1.54) is 17.4 Å². The van der Waals surface area contributed by atoms with E-state index in [9.17, 15) is 9.18 Å². The molecule has 1 unspecified atom stereocenters. The van der Waals surface area contributed by atoms with Gasteiger partial charge in [-0.15, -0.1) is 11.3 Å². The lowest BCUT2D eigenvalue weighted by atomic mass is 10.2. The van der Waals surface area contributed by atoms with Crippen molar-refractivity contribution in [2.45, 2.75) is 19.5 Å². The van der Waals surface area contributed by atoms with Gasteiger partial charge in [0.1, 0.15) is 11.9 Å². The highest BCUT2D eigenvalue weighted by molar-refractivity contribution is 7.71. The fraction of sp³-hybridized carbons (Fsp3) is 0.188. The Bertz CT molecular complexity index is 901. The molecule has 0 spiro atoms. The largest absolute Gasteiger partial charge is 0.350 e. The van der Waals surface area contributed by atoms with Gasteiger partial charge in [-0.05, 0) is 36.7 Å². The second-order valence-electron chi connectivity index (χ2n) is 5.18. The number of aromatic amines is 1. The summed E-state index contributed by atoms with van der Waals surface area (Å²) >= 11 is 6.76. The zero-order valence-corrected chi connectivity index (χ0v) is 14.5. The number of carbonyl (C=O) groups excluding carboxylic acids is 1. The molecular weight excluding hydrogens is 347 g/mol. The zero-order valence-electron chi connectivity index (χ0n) is 12.8. The summed E-state index contributed by atoms with van der Waals surface area (Å²) in [7, 11) is 0. The van der Waals surface area contributed by atoms with Gasteiger partial charge in [0, 0.05) is 12.1 Å². The van der Waals surface area contributed by atoms with Crippen LogP contribution in [0.15, 0.2) is 41.8 Å². The van der Waals surface area contributed by atoms with Gasteiger partial charge in [-0.1, -0.05) is 24.3 Å². The van der Waals surface area contributed by atoms with Crippen LogP contribution in [0.3, 0.4) is 0 Å². The van der Waals surface area contributed by atoms with Crippen molar-refractivity contribution < 1.29 is 9.18 Å². The van der Waals surface area contributed by atoms with Gasteiger partial charge >= 0.3 is 0 Å². The van der Waals surface area contributed by atoms with E-state index in [0.29, 0.717) is 16.2 Å². The third-order valence-electron chi connectivity index (χ3n) is 3.62. The molecule has 3 rings (SSSR count). The first-order valence-electron chi connectivity index (χ1n) is 7.30. The molecule has 1 amide bonds. The van der Waals surface area contributed by atoms with Crippen molar-refractivity contribution in [3.8, 4) is 10.7 Å². The number of hydrogen-bond acceptors (Lipinski definition) is 4. The highest BCUT2D eigenvalue weighted by Gasteiger charge is 2.21. The second kappa shape index (κ2) is 7.06. The smallest absolute Gasteiger partial charge is 0.243 e. The molecule has 0 saturated carbocycles. The maximum Gasteiger partial charge on any atom is 0.243 e. The van der Waals surface area contributed by atoms with Crippen LogP contribution in [0.25, 0.3) is 10.7 Å². The highest BCUT2D eigenvalue weighted by Crippen LogP contribution is 2.25. The average molecular weight is 362 g/mol. The van der Waals surface area contributed by atoms with Crippen LogP contribution >= 0.6 is 23.6 Å². The number of nitrogens with zero attached hydrogens (tertiary/aromatic N) is 2. The minimum atomic E-state index is -0.569. The van der Waals surface area contributed by atoms with Gasteiger partial charge in [0.25, 0.3) is 0 Å².